The monoisotopic (exact) mass is 292 g/mol. The van der Waals surface area contributed by atoms with Crippen molar-refractivity contribution in [3.63, 3.8) is 0 Å². The Morgan fingerprint density at radius 2 is 1.76 bits per heavy atom. The number of hydrogen-bond donors (Lipinski definition) is 2. The summed E-state index contributed by atoms with van der Waals surface area (Å²) in [5.41, 5.74) is 13.2. The Balaban J connectivity index is 2.76. The summed E-state index contributed by atoms with van der Waals surface area (Å²) in [6, 6.07) is 5.45. The third-order valence-electron chi connectivity index (χ3n) is 3.87. The predicted molar refractivity (Wildman–Crippen MR) is 89.7 cm³/mol. The molecule has 21 heavy (non-hydrogen) atoms. The van der Waals surface area contributed by atoms with Crippen LogP contribution >= 0.6 is 0 Å². The van der Waals surface area contributed by atoms with E-state index >= 15 is 0 Å². The number of hydrogen-bond acceptors (Lipinski definition) is 4. The highest BCUT2D eigenvalue weighted by molar-refractivity contribution is 6.00. The number of para-hydroxylation sites is 1. The van der Waals surface area contributed by atoms with Crippen LogP contribution in [0.25, 0.3) is 0 Å². The molecular weight excluding hydrogens is 264 g/mol. The Labute approximate surface area is 127 Å². The Bertz CT molecular complexity index is 458. The van der Waals surface area contributed by atoms with E-state index in [1.54, 1.807) is 6.07 Å². The van der Waals surface area contributed by atoms with Gasteiger partial charge in [0.25, 0.3) is 5.91 Å². The Kier molecular flexibility index (Phi) is 7.02. The summed E-state index contributed by atoms with van der Waals surface area (Å²) in [4.78, 5) is 16.0. The Morgan fingerprint density at radius 1 is 1.10 bits per heavy atom. The van der Waals surface area contributed by atoms with Gasteiger partial charge in [-0.2, -0.15) is 0 Å². The van der Waals surface area contributed by atoms with Crippen molar-refractivity contribution in [1.29, 1.82) is 0 Å². The number of anilines is 2. The number of nitrogen functional groups attached to an aromatic ring is 1. The molecule has 0 unspecified atom stereocenters. The van der Waals surface area contributed by atoms with E-state index in [0.29, 0.717) is 11.3 Å². The molecule has 0 aromatic heterocycles. The molecular formula is C16H28N4O. The van der Waals surface area contributed by atoms with E-state index in [1.165, 1.54) is 0 Å². The highest BCUT2D eigenvalue weighted by Crippen LogP contribution is 2.26. The van der Waals surface area contributed by atoms with Gasteiger partial charge in [-0.05, 0) is 45.1 Å². The summed E-state index contributed by atoms with van der Waals surface area (Å²) >= 11 is 0. The molecule has 0 heterocycles. The van der Waals surface area contributed by atoms with Crippen LogP contribution in [-0.2, 0) is 0 Å². The van der Waals surface area contributed by atoms with Crippen LogP contribution in [0.5, 0.6) is 0 Å². The highest BCUT2D eigenvalue weighted by Gasteiger charge is 2.14. The number of amides is 1. The molecule has 118 valence electrons. The molecule has 1 aromatic rings. The van der Waals surface area contributed by atoms with Crippen LogP contribution in [-0.4, -0.2) is 43.5 Å². The van der Waals surface area contributed by atoms with Gasteiger partial charge in [0.1, 0.15) is 0 Å². The zero-order chi connectivity index (χ0) is 15.8. The zero-order valence-corrected chi connectivity index (χ0v) is 13.4. The van der Waals surface area contributed by atoms with Crippen LogP contribution in [0.2, 0.25) is 0 Å². The summed E-state index contributed by atoms with van der Waals surface area (Å²) in [6.07, 6.45) is 1.07. The van der Waals surface area contributed by atoms with E-state index in [1.807, 2.05) is 12.1 Å². The first kappa shape index (κ1) is 17.3. The van der Waals surface area contributed by atoms with E-state index in [9.17, 15) is 4.79 Å². The second-order valence-electron chi connectivity index (χ2n) is 5.06. The second kappa shape index (κ2) is 8.52. The normalized spacial score (nSPS) is 10.9. The van der Waals surface area contributed by atoms with Gasteiger partial charge in [0.15, 0.2) is 0 Å². The number of rotatable bonds is 9. The average molecular weight is 292 g/mol. The van der Waals surface area contributed by atoms with E-state index in [-0.39, 0.29) is 0 Å². The van der Waals surface area contributed by atoms with E-state index in [2.05, 4.69) is 30.6 Å². The molecule has 1 aromatic carbocycles. The standard InChI is InChI=1S/C16H28N4O/c1-4-19(5-2)11-8-12-20(6-3)14-10-7-9-13(15(14)17)16(18)21/h7,9-10H,4-6,8,11-12,17H2,1-3H3,(H2,18,21). The van der Waals surface area contributed by atoms with E-state index < -0.39 is 5.91 Å². The molecule has 0 saturated heterocycles. The van der Waals surface area contributed by atoms with Crippen molar-refractivity contribution in [2.45, 2.75) is 27.2 Å². The maximum absolute atomic E-state index is 11.4. The summed E-state index contributed by atoms with van der Waals surface area (Å²) in [5, 5.41) is 0. The van der Waals surface area contributed by atoms with Crippen molar-refractivity contribution in [3.05, 3.63) is 23.8 Å². The quantitative estimate of drug-likeness (QED) is 0.682. The molecule has 0 fully saturated rings. The van der Waals surface area contributed by atoms with Gasteiger partial charge in [0.05, 0.1) is 16.9 Å². The first-order chi connectivity index (χ1) is 10.0. The van der Waals surface area contributed by atoms with Gasteiger partial charge in [-0.1, -0.05) is 19.9 Å². The molecule has 0 aliphatic carbocycles. The lowest BCUT2D eigenvalue weighted by Gasteiger charge is -2.27. The van der Waals surface area contributed by atoms with Crippen molar-refractivity contribution < 1.29 is 4.79 Å². The average Bonchev–Trinajstić information content (AvgIpc) is 2.48. The number of primary amides is 1. The molecule has 1 rings (SSSR count). The smallest absolute Gasteiger partial charge is 0.250 e. The number of carbonyl (C=O) groups is 1. The molecule has 0 bridgehead atoms. The molecule has 5 nitrogen and oxygen atoms in total. The van der Waals surface area contributed by atoms with Crippen LogP contribution in [0.1, 0.15) is 37.6 Å². The highest BCUT2D eigenvalue weighted by atomic mass is 16.1. The first-order valence-electron chi connectivity index (χ1n) is 7.70. The zero-order valence-electron chi connectivity index (χ0n) is 13.4. The maximum Gasteiger partial charge on any atom is 0.250 e. The molecule has 0 aliphatic heterocycles. The molecule has 4 N–H and O–H groups in total. The van der Waals surface area contributed by atoms with Crippen molar-refractivity contribution in [3.8, 4) is 0 Å². The fourth-order valence-electron chi connectivity index (χ4n) is 2.52. The van der Waals surface area contributed by atoms with Gasteiger partial charge in [-0.15, -0.1) is 0 Å². The number of nitrogens with two attached hydrogens (primary N) is 2. The van der Waals surface area contributed by atoms with Gasteiger partial charge < -0.3 is 21.3 Å². The Hall–Kier alpha value is -1.75. The molecule has 0 spiro atoms. The lowest BCUT2D eigenvalue weighted by molar-refractivity contribution is 0.100. The third-order valence-corrected chi connectivity index (χ3v) is 3.87. The van der Waals surface area contributed by atoms with Crippen molar-refractivity contribution in [2.75, 3.05) is 43.4 Å². The van der Waals surface area contributed by atoms with Crippen LogP contribution < -0.4 is 16.4 Å². The molecule has 0 saturated carbocycles. The van der Waals surface area contributed by atoms with Crippen molar-refractivity contribution in [1.82, 2.24) is 4.90 Å². The minimum absolute atomic E-state index is 0.398. The Morgan fingerprint density at radius 3 is 2.29 bits per heavy atom. The van der Waals surface area contributed by atoms with Gasteiger partial charge in [-0.3, -0.25) is 4.79 Å². The topological polar surface area (TPSA) is 75.6 Å². The fourth-order valence-corrected chi connectivity index (χ4v) is 2.52. The molecule has 0 atom stereocenters. The van der Waals surface area contributed by atoms with E-state index in [0.717, 1.165) is 44.8 Å². The largest absolute Gasteiger partial charge is 0.396 e. The van der Waals surface area contributed by atoms with Gasteiger partial charge >= 0.3 is 0 Å². The molecule has 1 amide bonds. The fraction of sp³-hybridized carbons (Fsp3) is 0.562. The van der Waals surface area contributed by atoms with Gasteiger partial charge in [0.2, 0.25) is 0 Å². The second-order valence-corrected chi connectivity index (χ2v) is 5.06. The van der Waals surface area contributed by atoms with Crippen molar-refractivity contribution in [2.24, 2.45) is 5.73 Å². The third kappa shape index (κ3) is 4.63. The minimum Gasteiger partial charge on any atom is -0.396 e. The summed E-state index contributed by atoms with van der Waals surface area (Å²) in [7, 11) is 0. The summed E-state index contributed by atoms with van der Waals surface area (Å²) < 4.78 is 0. The lowest BCUT2D eigenvalue weighted by atomic mass is 10.1. The SMILES string of the molecule is CCN(CC)CCCN(CC)c1cccc(C(N)=O)c1N. The molecule has 0 aliphatic rings. The number of nitrogens with zero attached hydrogens (tertiary/aromatic N) is 2. The van der Waals surface area contributed by atoms with Crippen LogP contribution in [0.4, 0.5) is 11.4 Å². The number of benzene rings is 1. The lowest BCUT2D eigenvalue weighted by Crippen LogP contribution is -2.30. The van der Waals surface area contributed by atoms with Crippen LogP contribution in [0, 0.1) is 0 Å². The van der Waals surface area contributed by atoms with Gasteiger partial charge in [-0.25, -0.2) is 0 Å². The van der Waals surface area contributed by atoms with E-state index in [4.69, 9.17) is 11.5 Å². The minimum atomic E-state index is -0.478. The number of carbonyl (C=O) groups excluding carboxylic acids is 1. The van der Waals surface area contributed by atoms with Crippen LogP contribution in [0.15, 0.2) is 18.2 Å². The predicted octanol–water partition coefficient (Wildman–Crippen LogP) is 1.93. The van der Waals surface area contributed by atoms with Crippen molar-refractivity contribution >= 4 is 17.3 Å². The molecule has 5 heteroatoms. The summed E-state index contributed by atoms with van der Waals surface area (Å²) in [6.45, 7) is 11.4. The first-order valence-corrected chi connectivity index (χ1v) is 7.70. The summed E-state index contributed by atoms with van der Waals surface area (Å²) in [5.74, 6) is -0.478. The van der Waals surface area contributed by atoms with Gasteiger partial charge in [0, 0.05) is 13.1 Å². The maximum atomic E-state index is 11.4. The molecule has 0 radical (unpaired) electrons. The van der Waals surface area contributed by atoms with Crippen LogP contribution in [0.3, 0.4) is 0 Å².